The number of nitrogens with one attached hydrogen (secondary N) is 1. The average molecular weight is 262 g/mol. The van der Waals surface area contributed by atoms with Crippen LogP contribution in [-0.2, 0) is 6.42 Å². The second-order valence-electron chi connectivity index (χ2n) is 5.25. The number of carbonyl (C=O) groups excluding carboxylic acids is 1. The smallest absolute Gasteiger partial charge is 0.254 e. The van der Waals surface area contributed by atoms with E-state index < -0.39 is 0 Å². The summed E-state index contributed by atoms with van der Waals surface area (Å²) in [5, 5.41) is 3.13. The third-order valence-corrected chi connectivity index (χ3v) is 3.15. The first-order chi connectivity index (χ1) is 9.10. The minimum atomic E-state index is 0.155. The van der Waals surface area contributed by atoms with Gasteiger partial charge in [0, 0.05) is 18.7 Å². The van der Waals surface area contributed by atoms with Crippen LogP contribution in [0.15, 0.2) is 24.3 Å². The zero-order valence-corrected chi connectivity index (χ0v) is 12.6. The van der Waals surface area contributed by atoms with Gasteiger partial charge in [-0.15, -0.1) is 0 Å². The molecule has 0 heterocycles. The van der Waals surface area contributed by atoms with Crippen molar-refractivity contribution in [2.24, 2.45) is 5.92 Å². The molecule has 1 rings (SSSR count). The molecule has 0 unspecified atom stereocenters. The maximum Gasteiger partial charge on any atom is 0.254 e. The highest BCUT2D eigenvalue weighted by Crippen LogP contribution is 2.13. The van der Waals surface area contributed by atoms with Gasteiger partial charge in [0.15, 0.2) is 0 Å². The lowest BCUT2D eigenvalue weighted by Crippen LogP contribution is -2.34. The van der Waals surface area contributed by atoms with Crippen molar-refractivity contribution >= 4 is 5.91 Å². The number of amides is 1. The summed E-state index contributed by atoms with van der Waals surface area (Å²) in [6.07, 6.45) is 0.887. The highest BCUT2D eigenvalue weighted by atomic mass is 16.2. The molecule has 0 atom stereocenters. The molecule has 106 valence electrons. The number of hydrogen-bond donors (Lipinski definition) is 1. The van der Waals surface area contributed by atoms with Crippen LogP contribution in [0.3, 0.4) is 0 Å². The maximum absolute atomic E-state index is 12.6. The summed E-state index contributed by atoms with van der Waals surface area (Å²) in [4.78, 5) is 14.5. The fraction of sp³-hybridized carbons (Fsp3) is 0.562. The van der Waals surface area contributed by atoms with Gasteiger partial charge in [0.05, 0.1) is 0 Å². The first-order valence-corrected chi connectivity index (χ1v) is 7.11. The van der Waals surface area contributed by atoms with Crippen LogP contribution >= 0.6 is 0 Å². The summed E-state index contributed by atoms with van der Waals surface area (Å²) in [5.74, 6) is 0.649. The number of likely N-dealkylation sites (N-methyl/N-ethyl adjacent to an activating group) is 1. The number of rotatable bonds is 7. The molecule has 0 aliphatic rings. The van der Waals surface area contributed by atoms with E-state index in [1.807, 2.05) is 43.1 Å². The fourth-order valence-corrected chi connectivity index (χ4v) is 2.17. The van der Waals surface area contributed by atoms with Crippen molar-refractivity contribution in [2.45, 2.75) is 27.2 Å². The summed E-state index contributed by atoms with van der Waals surface area (Å²) in [5.41, 5.74) is 1.98. The lowest BCUT2D eigenvalue weighted by atomic mass is 10.0. The van der Waals surface area contributed by atoms with Gasteiger partial charge < -0.3 is 10.2 Å². The highest BCUT2D eigenvalue weighted by Gasteiger charge is 2.17. The molecule has 0 aliphatic heterocycles. The second-order valence-corrected chi connectivity index (χ2v) is 5.25. The van der Waals surface area contributed by atoms with Gasteiger partial charge >= 0.3 is 0 Å². The third-order valence-electron chi connectivity index (χ3n) is 3.15. The van der Waals surface area contributed by atoms with E-state index >= 15 is 0 Å². The van der Waals surface area contributed by atoms with Crippen molar-refractivity contribution in [1.29, 1.82) is 0 Å². The molecule has 0 bridgehead atoms. The predicted octanol–water partition coefficient (Wildman–Crippen LogP) is 2.57. The molecule has 3 nitrogen and oxygen atoms in total. The number of nitrogens with zero attached hydrogens (tertiary/aromatic N) is 1. The fourth-order valence-electron chi connectivity index (χ4n) is 2.17. The predicted molar refractivity (Wildman–Crippen MR) is 80.5 cm³/mol. The molecule has 19 heavy (non-hydrogen) atoms. The Hall–Kier alpha value is -1.35. The van der Waals surface area contributed by atoms with Crippen LogP contribution in [0, 0.1) is 5.92 Å². The van der Waals surface area contributed by atoms with Crippen LogP contribution in [-0.4, -0.2) is 37.5 Å². The van der Waals surface area contributed by atoms with Crippen molar-refractivity contribution in [1.82, 2.24) is 10.2 Å². The molecule has 1 aromatic carbocycles. The normalized spacial score (nSPS) is 10.8. The molecular formula is C16H26N2O. The van der Waals surface area contributed by atoms with Crippen molar-refractivity contribution in [2.75, 3.05) is 26.7 Å². The maximum atomic E-state index is 12.6. The molecule has 0 aromatic heterocycles. The Balaban J connectivity index is 2.90. The Bertz CT molecular complexity index is 401. The van der Waals surface area contributed by atoms with Crippen molar-refractivity contribution in [3.8, 4) is 0 Å². The van der Waals surface area contributed by atoms with Gasteiger partial charge in [-0.05, 0) is 44.5 Å². The van der Waals surface area contributed by atoms with Gasteiger partial charge in [-0.25, -0.2) is 0 Å². The quantitative estimate of drug-likeness (QED) is 0.819. The van der Waals surface area contributed by atoms with Crippen LogP contribution in [0.4, 0.5) is 0 Å². The monoisotopic (exact) mass is 262 g/mol. The standard InChI is InChI=1S/C16H26N2O/c1-5-18(12-13(2)3)16(19)15-9-7-6-8-14(15)10-11-17-4/h6-9,13,17H,5,10-12H2,1-4H3. The Morgan fingerprint density at radius 2 is 2.00 bits per heavy atom. The Labute approximate surface area is 117 Å². The zero-order chi connectivity index (χ0) is 14.3. The van der Waals surface area contributed by atoms with Gasteiger partial charge in [-0.3, -0.25) is 4.79 Å². The van der Waals surface area contributed by atoms with Gasteiger partial charge in [-0.2, -0.15) is 0 Å². The van der Waals surface area contributed by atoms with E-state index in [9.17, 15) is 4.79 Å². The van der Waals surface area contributed by atoms with E-state index in [1.165, 1.54) is 0 Å². The number of benzene rings is 1. The van der Waals surface area contributed by atoms with E-state index in [1.54, 1.807) is 0 Å². The van der Waals surface area contributed by atoms with Gasteiger partial charge in [-0.1, -0.05) is 32.0 Å². The molecule has 0 saturated carbocycles. The molecule has 0 fully saturated rings. The largest absolute Gasteiger partial charge is 0.339 e. The molecule has 0 spiro atoms. The first kappa shape index (κ1) is 15.7. The minimum absolute atomic E-state index is 0.155. The molecule has 0 saturated heterocycles. The van der Waals surface area contributed by atoms with Crippen LogP contribution in [0.2, 0.25) is 0 Å². The van der Waals surface area contributed by atoms with Crippen molar-refractivity contribution < 1.29 is 4.79 Å². The van der Waals surface area contributed by atoms with Crippen LogP contribution in [0.25, 0.3) is 0 Å². The van der Waals surface area contributed by atoms with Crippen LogP contribution < -0.4 is 5.32 Å². The van der Waals surface area contributed by atoms with Crippen LogP contribution in [0.5, 0.6) is 0 Å². The summed E-state index contributed by atoms with van der Waals surface area (Å²) in [6, 6.07) is 7.93. The van der Waals surface area contributed by atoms with Gasteiger partial charge in [0.2, 0.25) is 0 Å². The lowest BCUT2D eigenvalue weighted by Gasteiger charge is -2.24. The molecule has 1 aromatic rings. The molecule has 3 heteroatoms. The molecule has 0 radical (unpaired) electrons. The van der Waals surface area contributed by atoms with Crippen molar-refractivity contribution in [3.05, 3.63) is 35.4 Å². The van der Waals surface area contributed by atoms with E-state index in [0.717, 1.165) is 37.2 Å². The van der Waals surface area contributed by atoms with E-state index in [2.05, 4.69) is 19.2 Å². The topological polar surface area (TPSA) is 32.3 Å². The average Bonchev–Trinajstić information content (AvgIpc) is 2.41. The second kappa shape index (κ2) is 7.95. The Morgan fingerprint density at radius 1 is 1.32 bits per heavy atom. The SMILES string of the molecule is CCN(CC(C)C)C(=O)c1ccccc1CCNC. The minimum Gasteiger partial charge on any atom is -0.339 e. The molecular weight excluding hydrogens is 236 g/mol. The zero-order valence-electron chi connectivity index (χ0n) is 12.6. The summed E-state index contributed by atoms with van der Waals surface area (Å²) in [6.45, 7) is 8.79. The highest BCUT2D eigenvalue weighted by molar-refractivity contribution is 5.95. The molecule has 1 N–H and O–H groups in total. The Morgan fingerprint density at radius 3 is 2.58 bits per heavy atom. The lowest BCUT2D eigenvalue weighted by molar-refractivity contribution is 0.0744. The van der Waals surface area contributed by atoms with Crippen LogP contribution in [0.1, 0.15) is 36.7 Å². The third kappa shape index (κ3) is 4.67. The summed E-state index contributed by atoms with van der Waals surface area (Å²) >= 11 is 0. The molecule has 0 aliphatic carbocycles. The van der Waals surface area contributed by atoms with E-state index in [4.69, 9.17) is 0 Å². The van der Waals surface area contributed by atoms with E-state index in [0.29, 0.717) is 5.92 Å². The first-order valence-electron chi connectivity index (χ1n) is 7.11. The van der Waals surface area contributed by atoms with E-state index in [-0.39, 0.29) is 5.91 Å². The number of hydrogen-bond acceptors (Lipinski definition) is 2. The Kier molecular flexibility index (Phi) is 6.57. The number of carbonyl (C=O) groups is 1. The van der Waals surface area contributed by atoms with Gasteiger partial charge in [0.25, 0.3) is 5.91 Å². The summed E-state index contributed by atoms with van der Waals surface area (Å²) < 4.78 is 0. The molecule has 1 amide bonds. The van der Waals surface area contributed by atoms with Gasteiger partial charge in [0.1, 0.15) is 0 Å². The van der Waals surface area contributed by atoms with Crippen molar-refractivity contribution in [3.63, 3.8) is 0 Å². The summed E-state index contributed by atoms with van der Waals surface area (Å²) in [7, 11) is 1.93.